The first-order valence-electron chi connectivity index (χ1n) is 7.74. The molecule has 0 aromatic carbocycles. The molecular formula is C15H29N3O5. The number of hydrogen-bond acceptors (Lipinski definition) is 5. The Morgan fingerprint density at radius 2 is 1.43 bits per heavy atom. The molecule has 0 aliphatic heterocycles. The quantitative estimate of drug-likeness (QED) is 0.384. The second-order valence-electron chi connectivity index (χ2n) is 6.53. The van der Waals surface area contributed by atoms with Gasteiger partial charge in [0, 0.05) is 0 Å². The van der Waals surface area contributed by atoms with Crippen LogP contribution in [-0.2, 0) is 14.4 Å². The number of hydrogen-bond donors (Lipinski definition) is 5. The molecule has 4 atom stereocenters. The highest BCUT2D eigenvalue weighted by Crippen LogP contribution is 2.06. The maximum absolute atomic E-state index is 12.2. The average Bonchev–Trinajstić information content (AvgIpc) is 2.39. The number of nitrogens with one attached hydrogen (secondary N) is 2. The Bertz CT molecular complexity index is 423. The Labute approximate surface area is 136 Å². The molecule has 0 heterocycles. The van der Waals surface area contributed by atoms with Gasteiger partial charge >= 0.3 is 5.97 Å². The normalized spacial score (nSPS) is 16.6. The van der Waals surface area contributed by atoms with E-state index < -0.39 is 42.0 Å². The number of carboxylic acids is 1. The van der Waals surface area contributed by atoms with Crippen LogP contribution in [0.4, 0.5) is 0 Å². The Balaban J connectivity index is 4.94. The number of carbonyl (C=O) groups excluding carboxylic acids is 2. The van der Waals surface area contributed by atoms with Gasteiger partial charge in [0.15, 0.2) is 0 Å². The van der Waals surface area contributed by atoms with Crippen LogP contribution in [0.2, 0.25) is 0 Å². The number of aliphatic hydroxyl groups excluding tert-OH is 1. The van der Waals surface area contributed by atoms with Crippen LogP contribution in [-0.4, -0.2) is 52.2 Å². The molecule has 0 saturated heterocycles. The van der Waals surface area contributed by atoms with Crippen LogP contribution in [0.5, 0.6) is 0 Å². The summed E-state index contributed by atoms with van der Waals surface area (Å²) in [5.74, 6) is -2.64. The van der Waals surface area contributed by atoms with Gasteiger partial charge in [0.1, 0.15) is 12.1 Å². The number of aliphatic hydroxyl groups is 1. The van der Waals surface area contributed by atoms with E-state index in [1.54, 1.807) is 13.8 Å². The zero-order chi connectivity index (χ0) is 18.3. The third-order valence-corrected chi connectivity index (χ3v) is 3.36. The van der Waals surface area contributed by atoms with Gasteiger partial charge in [0.05, 0.1) is 12.1 Å². The van der Waals surface area contributed by atoms with Crippen LogP contribution in [0, 0.1) is 11.8 Å². The number of carboxylic acid groups (broad SMARTS) is 1. The minimum Gasteiger partial charge on any atom is -0.480 e. The molecule has 0 radical (unpaired) electrons. The van der Waals surface area contributed by atoms with Crippen molar-refractivity contribution in [3.8, 4) is 0 Å². The molecule has 0 aromatic rings. The van der Waals surface area contributed by atoms with Crippen molar-refractivity contribution >= 4 is 17.8 Å². The third kappa shape index (κ3) is 7.43. The van der Waals surface area contributed by atoms with E-state index in [0.29, 0.717) is 6.42 Å². The lowest BCUT2D eigenvalue weighted by Crippen LogP contribution is -2.58. The van der Waals surface area contributed by atoms with Gasteiger partial charge in [-0.15, -0.1) is 0 Å². The van der Waals surface area contributed by atoms with E-state index >= 15 is 0 Å². The Hall–Kier alpha value is -1.67. The minimum atomic E-state index is -1.26. The molecule has 0 aliphatic carbocycles. The van der Waals surface area contributed by atoms with Gasteiger partial charge in [-0.3, -0.25) is 9.59 Å². The molecule has 0 aliphatic rings. The highest BCUT2D eigenvalue weighted by Gasteiger charge is 2.32. The summed E-state index contributed by atoms with van der Waals surface area (Å²) in [6.45, 7) is 8.45. The number of nitrogens with two attached hydrogens (primary N) is 1. The molecular weight excluding hydrogens is 302 g/mol. The SMILES string of the molecule is CC(C)C[C@@H](N)C(=O)N[C@@H](C(=O)N[C@@H](C(=O)O)C(C)C)[C@H](C)O. The first-order valence-corrected chi connectivity index (χ1v) is 7.74. The van der Waals surface area contributed by atoms with Gasteiger partial charge < -0.3 is 26.6 Å². The lowest BCUT2D eigenvalue weighted by molar-refractivity contribution is -0.144. The smallest absolute Gasteiger partial charge is 0.326 e. The Morgan fingerprint density at radius 3 is 1.78 bits per heavy atom. The summed E-state index contributed by atoms with van der Waals surface area (Å²) < 4.78 is 0. The first kappa shape index (κ1) is 21.3. The molecule has 0 rings (SSSR count). The van der Waals surface area contributed by atoms with Gasteiger partial charge in [0.25, 0.3) is 0 Å². The number of amides is 2. The van der Waals surface area contributed by atoms with Crippen LogP contribution >= 0.6 is 0 Å². The van der Waals surface area contributed by atoms with Crippen molar-refractivity contribution in [2.24, 2.45) is 17.6 Å². The lowest BCUT2D eigenvalue weighted by Gasteiger charge is -2.26. The Morgan fingerprint density at radius 1 is 0.957 bits per heavy atom. The summed E-state index contributed by atoms with van der Waals surface area (Å²) in [4.78, 5) is 35.3. The van der Waals surface area contributed by atoms with Crippen molar-refractivity contribution in [2.75, 3.05) is 0 Å². The zero-order valence-corrected chi connectivity index (χ0v) is 14.4. The van der Waals surface area contributed by atoms with Gasteiger partial charge in [-0.25, -0.2) is 4.79 Å². The van der Waals surface area contributed by atoms with Crippen LogP contribution in [0.3, 0.4) is 0 Å². The van der Waals surface area contributed by atoms with Crippen LogP contribution in [0.1, 0.15) is 41.0 Å². The minimum absolute atomic E-state index is 0.201. The van der Waals surface area contributed by atoms with E-state index in [-0.39, 0.29) is 11.8 Å². The predicted octanol–water partition coefficient (Wildman–Crippen LogP) is -0.549. The zero-order valence-electron chi connectivity index (χ0n) is 14.4. The molecule has 23 heavy (non-hydrogen) atoms. The fourth-order valence-corrected chi connectivity index (χ4v) is 2.04. The van der Waals surface area contributed by atoms with Crippen molar-refractivity contribution < 1.29 is 24.6 Å². The first-order chi connectivity index (χ1) is 10.5. The van der Waals surface area contributed by atoms with E-state index in [0.717, 1.165) is 0 Å². The van der Waals surface area contributed by atoms with Gasteiger partial charge in [-0.2, -0.15) is 0 Å². The molecule has 6 N–H and O–H groups in total. The van der Waals surface area contributed by atoms with Crippen LogP contribution < -0.4 is 16.4 Å². The highest BCUT2D eigenvalue weighted by molar-refractivity contribution is 5.92. The van der Waals surface area contributed by atoms with Crippen LogP contribution in [0.25, 0.3) is 0 Å². The fourth-order valence-electron chi connectivity index (χ4n) is 2.04. The number of aliphatic carboxylic acids is 1. The van der Waals surface area contributed by atoms with E-state index in [4.69, 9.17) is 10.8 Å². The summed E-state index contributed by atoms with van der Waals surface area (Å²) in [6.07, 6.45) is -0.754. The van der Waals surface area contributed by atoms with Crippen molar-refractivity contribution in [3.05, 3.63) is 0 Å². The molecule has 0 unspecified atom stereocenters. The molecule has 0 saturated carbocycles. The molecule has 134 valence electrons. The van der Waals surface area contributed by atoms with Crippen molar-refractivity contribution in [1.82, 2.24) is 10.6 Å². The van der Waals surface area contributed by atoms with E-state index in [9.17, 15) is 19.5 Å². The maximum atomic E-state index is 12.2. The van der Waals surface area contributed by atoms with Gasteiger partial charge in [0.2, 0.25) is 11.8 Å². The average molecular weight is 331 g/mol. The standard InChI is InChI=1S/C15H29N3O5/c1-7(2)6-10(16)13(20)18-12(9(5)19)14(21)17-11(8(3)4)15(22)23/h7-12,19H,6,16H2,1-5H3,(H,17,21)(H,18,20)(H,22,23)/t9-,10+,11+,12+/m0/s1. The molecule has 0 bridgehead atoms. The summed E-state index contributed by atoms with van der Waals surface area (Å²) >= 11 is 0. The summed E-state index contributed by atoms with van der Waals surface area (Å²) in [5.41, 5.74) is 5.74. The predicted molar refractivity (Wildman–Crippen MR) is 85.4 cm³/mol. The van der Waals surface area contributed by atoms with E-state index in [1.807, 2.05) is 13.8 Å². The number of rotatable bonds is 9. The second kappa shape index (κ2) is 9.46. The molecule has 0 fully saturated rings. The molecule has 0 aromatic heterocycles. The molecule has 8 nitrogen and oxygen atoms in total. The topological polar surface area (TPSA) is 142 Å². The summed E-state index contributed by atoms with van der Waals surface area (Å²) in [6, 6.07) is -3.17. The summed E-state index contributed by atoms with van der Waals surface area (Å²) in [7, 11) is 0. The fraction of sp³-hybridized carbons (Fsp3) is 0.800. The van der Waals surface area contributed by atoms with Crippen LogP contribution in [0.15, 0.2) is 0 Å². The summed E-state index contributed by atoms with van der Waals surface area (Å²) in [5, 5.41) is 23.5. The van der Waals surface area contributed by atoms with Crippen molar-refractivity contribution in [1.29, 1.82) is 0 Å². The molecule has 0 spiro atoms. The van der Waals surface area contributed by atoms with Crippen molar-refractivity contribution in [2.45, 2.75) is 65.3 Å². The monoisotopic (exact) mass is 331 g/mol. The molecule has 8 heteroatoms. The maximum Gasteiger partial charge on any atom is 0.326 e. The second-order valence-corrected chi connectivity index (χ2v) is 6.53. The highest BCUT2D eigenvalue weighted by atomic mass is 16.4. The van der Waals surface area contributed by atoms with E-state index in [1.165, 1.54) is 6.92 Å². The van der Waals surface area contributed by atoms with Gasteiger partial charge in [-0.05, 0) is 25.2 Å². The lowest BCUT2D eigenvalue weighted by atomic mass is 10.0. The van der Waals surface area contributed by atoms with Crippen molar-refractivity contribution in [3.63, 3.8) is 0 Å². The van der Waals surface area contributed by atoms with Gasteiger partial charge in [-0.1, -0.05) is 27.7 Å². The molecule has 2 amide bonds. The number of carbonyl (C=O) groups is 3. The van der Waals surface area contributed by atoms with E-state index in [2.05, 4.69) is 10.6 Å². The Kier molecular flexibility index (Phi) is 8.78. The largest absolute Gasteiger partial charge is 0.480 e. The third-order valence-electron chi connectivity index (χ3n) is 3.36.